The summed E-state index contributed by atoms with van der Waals surface area (Å²) < 4.78 is 0. The molecule has 1 saturated heterocycles. The largest absolute Gasteiger partial charge is 0.302 e. The maximum Gasteiger partial charge on any atom is 0.0173 e. The number of hydrogen-bond acceptors (Lipinski definition) is 1. The molecule has 138 valence electrons. The Hall–Kier alpha value is -1.86. The van der Waals surface area contributed by atoms with Crippen LogP contribution in [0.1, 0.15) is 66.2 Å². The Kier molecular flexibility index (Phi) is 3.63. The molecule has 1 nitrogen and oxygen atoms in total. The maximum atomic E-state index is 2.84. The molecule has 0 amide bonds. The molecule has 2 aromatic rings. The molecule has 0 radical (unpaired) electrons. The van der Waals surface area contributed by atoms with E-state index in [1.165, 1.54) is 51.7 Å². The van der Waals surface area contributed by atoms with Crippen molar-refractivity contribution in [2.24, 2.45) is 5.92 Å². The van der Waals surface area contributed by atoms with Crippen molar-refractivity contribution in [3.63, 3.8) is 0 Å². The van der Waals surface area contributed by atoms with Crippen LogP contribution < -0.4 is 0 Å². The molecule has 1 heteroatoms. The summed E-state index contributed by atoms with van der Waals surface area (Å²) in [6.45, 7) is 3.82. The Labute approximate surface area is 163 Å². The van der Waals surface area contributed by atoms with Gasteiger partial charge in [-0.15, -0.1) is 0 Å². The molecule has 1 fully saturated rings. The van der Waals surface area contributed by atoms with Gasteiger partial charge < -0.3 is 4.90 Å². The zero-order valence-electron chi connectivity index (χ0n) is 16.1. The first-order valence-corrected chi connectivity index (χ1v) is 10.9. The van der Waals surface area contributed by atoms with Gasteiger partial charge in [0.25, 0.3) is 0 Å². The minimum atomic E-state index is 0.360. The molecule has 3 unspecified atom stereocenters. The quantitative estimate of drug-likeness (QED) is 0.632. The molecule has 6 rings (SSSR count). The van der Waals surface area contributed by atoms with E-state index in [2.05, 4.69) is 65.6 Å². The van der Waals surface area contributed by atoms with E-state index in [4.69, 9.17) is 0 Å². The highest BCUT2D eigenvalue weighted by Gasteiger charge is 2.57. The molecule has 4 aliphatic rings. The number of fused-ring (bicyclic) bond motifs is 3. The SMILES string of the molecule is C1=CCCC(CN2CC3c4ccccc4C4CC3(C2)c2ccccc24)CC1. The lowest BCUT2D eigenvalue weighted by Crippen LogP contribution is -2.35. The molecule has 2 bridgehead atoms. The third-order valence-electron chi connectivity index (χ3n) is 7.97. The molecule has 2 aromatic carbocycles. The minimum absolute atomic E-state index is 0.360. The van der Waals surface area contributed by atoms with E-state index < -0.39 is 0 Å². The zero-order valence-corrected chi connectivity index (χ0v) is 16.1. The van der Waals surface area contributed by atoms with E-state index in [1.807, 2.05) is 0 Å². The lowest BCUT2D eigenvalue weighted by molar-refractivity contribution is 0.246. The molecular weight excluding hydrogens is 326 g/mol. The summed E-state index contributed by atoms with van der Waals surface area (Å²) in [5.41, 5.74) is 6.91. The van der Waals surface area contributed by atoms with Gasteiger partial charge in [0.05, 0.1) is 0 Å². The Morgan fingerprint density at radius 3 is 2.37 bits per heavy atom. The maximum absolute atomic E-state index is 2.84. The lowest BCUT2D eigenvalue weighted by atomic mass is 9.65. The first kappa shape index (κ1) is 16.1. The van der Waals surface area contributed by atoms with Crippen LogP contribution in [0.5, 0.6) is 0 Å². The smallest absolute Gasteiger partial charge is 0.0173 e. The molecule has 0 N–H and O–H groups in total. The Bertz CT molecular complexity index is 876. The van der Waals surface area contributed by atoms with Gasteiger partial charge in [-0.1, -0.05) is 60.7 Å². The average molecular weight is 356 g/mol. The van der Waals surface area contributed by atoms with E-state index >= 15 is 0 Å². The summed E-state index contributed by atoms with van der Waals surface area (Å²) in [6.07, 6.45) is 11.4. The normalized spacial score (nSPS) is 32.0. The van der Waals surface area contributed by atoms with Gasteiger partial charge in [-0.3, -0.25) is 0 Å². The Morgan fingerprint density at radius 1 is 0.852 bits per heavy atom. The van der Waals surface area contributed by atoms with Crippen molar-refractivity contribution in [2.45, 2.75) is 49.4 Å². The first-order valence-electron chi connectivity index (χ1n) is 10.9. The van der Waals surface area contributed by atoms with Gasteiger partial charge in [-0.2, -0.15) is 0 Å². The number of nitrogens with zero attached hydrogens (tertiary/aromatic N) is 1. The number of rotatable bonds is 2. The highest BCUT2D eigenvalue weighted by atomic mass is 15.2. The summed E-state index contributed by atoms with van der Waals surface area (Å²) >= 11 is 0. The van der Waals surface area contributed by atoms with Gasteiger partial charge in [-0.05, 0) is 60.3 Å². The summed E-state index contributed by atoms with van der Waals surface area (Å²) in [4.78, 5) is 2.84. The molecule has 0 aromatic heterocycles. The second kappa shape index (κ2) is 6.07. The molecule has 3 aliphatic carbocycles. The van der Waals surface area contributed by atoms with E-state index in [-0.39, 0.29) is 0 Å². The third kappa shape index (κ3) is 2.34. The van der Waals surface area contributed by atoms with Crippen molar-refractivity contribution in [1.29, 1.82) is 0 Å². The van der Waals surface area contributed by atoms with Crippen LogP contribution in [0.25, 0.3) is 0 Å². The number of likely N-dealkylation sites (tertiary alicyclic amines) is 1. The predicted molar refractivity (Wildman–Crippen MR) is 111 cm³/mol. The van der Waals surface area contributed by atoms with Crippen LogP contribution >= 0.6 is 0 Å². The van der Waals surface area contributed by atoms with Crippen molar-refractivity contribution in [3.05, 3.63) is 82.9 Å². The molecule has 1 heterocycles. The predicted octanol–water partition coefficient (Wildman–Crippen LogP) is 5.62. The summed E-state index contributed by atoms with van der Waals surface area (Å²) in [6, 6.07) is 18.7. The fourth-order valence-electron chi connectivity index (χ4n) is 6.87. The first-order chi connectivity index (χ1) is 13.4. The fraction of sp³-hybridized carbons (Fsp3) is 0.462. The van der Waals surface area contributed by atoms with Crippen LogP contribution in [-0.2, 0) is 5.41 Å². The van der Waals surface area contributed by atoms with Crippen molar-refractivity contribution in [1.82, 2.24) is 4.90 Å². The van der Waals surface area contributed by atoms with Crippen molar-refractivity contribution >= 4 is 0 Å². The highest BCUT2D eigenvalue weighted by Crippen LogP contribution is 2.63. The van der Waals surface area contributed by atoms with E-state index in [9.17, 15) is 0 Å². The molecular formula is C26H29N. The van der Waals surface area contributed by atoms with Crippen LogP contribution in [0.2, 0.25) is 0 Å². The molecule has 1 spiro atoms. The zero-order chi connectivity index (χ0) is 17.8. The van der Waals surface area contributed by atoms with Gasteiger partial charge in [0.1, 0.15) is 0 Å². The van der Waals surface area contributed by atoms with Crippen LogP contribution in [0.4, 0.5) is 0 Å². The summed E-state index contributed by atoms with van der Waals surface area (Å²) in [5, 5.41) is 0. The number of allylic oxidation sites excluding steroid dienone is 2. The molecule has 1 aliphatic heterocycles. The Morgan fingerprint density at radius 2 is 1.56 bits per heavy atom. The summed E-state index contributed by atoms with van der Waals surface area (Å²) in [7, 11) is 0. The minimum Gasteiger partial charge on any atom is -0.302 e. The molecule has 3 atom stereocenters. The van der Waals surface area contributed by atoms with Crippen molar-refractivity contribution < 1.29 is 0 Å². The van der Waals surface area contributed by atoms with Crippen molar-refractivity contribution in [3.8, 4) is 0 Å². The van der Waals surface area contributed by atoms with Gasteiger partial charge in [0.2, 0.25) is 0 Å². The fourth-order valence-corrected chi connectivity index (χ4v) is 6.87. The second-order valence-corrected chi connectivity index (χ2v) is 9.37. The van der Waals surface area contributed by atoms with Gasteiger partial charge >= 0.3 is 0 Å². The van der Waals surface area contributed by atoms with Gasteiger partial charge in [0.15, 0.2) is 0 Å². The topological polar surface area (TPSA) is 3.24 Å². The third-order valence-corrected chi connectivity index (χ3v) is 7.97. The number of benzene rings is 2. The van der Waals surface area contributed by atoms with E-state index in [1.54, 1.807) is 22.3 Å². The van der Waals surface area contributed by atoms with E-state index in [0.717, 1.165) is 5.92 Å². The van der Waals surface area contributed by atoms with E-state index in [0.29, 0.717) is 17.3 Å². The lowest BCUT2D eigenvalue weighted by Gasteiger charge is -2.37. The summed E-state index contributed by atoms with van der Waals surface area (Å²) in [5.74, 6) is 2.17. The van der Waals surface area contributed by atoms with Gasteiger partial charge in [0, 0.05) is 36.9 Å². The Balaban J connectivity index is 1.38. The van der Waals surface area contributed by atoms with Crippen LogP contribution in [-0.4, -0.2) is 24.5 Å². The molecule has 27 heavy (non-hydrogen) atoms. The number of hydrogen-bond donors (Lipinski definition) is 0. The second-order valence-electron chi connectivity index (χ2n) is 9.37. The van der Waals surface area contributed by atoms with Crippen molar-refractivity contribution in [2.75, 3.05) is 19.6 Å². The highest BCUT2D eigenvalue weighted by molar-refractivity contribution is 5.58. The average Bonchev–Trinajstić information content (AvgIpc) is 3.09. The van der Waals surface area contributed by atoms with Crippen LogP contribution in [0, 0.1) is 5.92 Å². The standard InChI is InChI=1S/C26H29N/c1-2-4-10-19(9-3-1)16-27-17-25-21-12-6-5-11-20(21)23-15-26(25,18-27)24-14-8-7-13-22(23)24/h1-2,5-8,11-14,19,23,25H,3-4,9-10,15-18H2. The monoisotopic (exact) mass is 355 g/mol. The van der Waals surface area contributed by atoms with Gasteiger partial charge in [-0.25, -0.2) is 0 Å². The molecule has 0 saturated carbocycles. The van der Waals surface area contributed by atoms with Crippen LogP contribution in [0.15, 0.2) is 60.7 Å². The van der Waals surface area contributed by atoms with Crippen LogP contribution in [0.3, 0.4) is 0 Å².